The molecule has 0 radical (unpaired) electrons. The molecule has 1 aromatic carbocycles. The number of piperidine rings is 1. The molecule has 0 spiro atoms. The third-order valence-corrected chi connectivity index (χ3v) is 6.49. The summed E-state index contributed by atoms with van der Waals surface area (Å²) in [4.78, 5) is 16.2. The summed E-state index contributed by atoms with van der Waals surface area (Å²) in [6.45, 7) is 7.74. The van der Waals surface area contributed by atoms with Crippen LogP contribution in [0.2, 0.25) is 0 Å². The molecule has 0 amide bonds. The van der Waals surface area contributed by atoms with Gasteiger partial charge in [0.2, 0.25) is 5.65 Å². The van der Waals surface area contributed by atoms with Crippen molar-refractivity contribution in [1.82, 2.24) is 40.1 Å². The molecule has 11 heteroatoms. The topological polar surface area (TPSA) is 124 Å². The Kier molecular flexibility index (Phi) is 5.20. The Hall–Kier alpha value is -3.73. The van der Waals surface area contributed by atoms with E-state index in [0.29, 0.717) is 40.1 Å². The Balaban J connectivity index is 1.49. The van der Waals surface area contributed by atoms with Crippen LogP contribution < -0.4 is 10.9 Å². The summed E-state index contributed by atoms with van der Waals surface area (Å²) >= 11 is 0. The van der Waals surface area contributed by atoms with Gasteiger partial charge in [-0.1, -0.05) is 11.3 Å². The lowest BCUT2D eigenvalue weighted by atomic mass is 9.78. The number of aromatic hydroxyl groups is 1. The lowest BCUT2D eigenvalue weighted by molar-refractivity contribution is 0.0257. The van der Waals surface area contributed by atoms with Crippen molar-refractivity contribution in [1.29, 1.82) is 0 Å². The van der Waals surface area contributed by atoms with E-state index in [1.807, 2.05) is 27.7 Å². The van der Waals surface area contributed by atoms with E-state index < -0.39 is 17.8 Å². The highest BCUT2D eigenvalue weighted by Gasteiger charge is 2.48. The summed E-state index contributed by atoms with van der Waals surface area (Å²) in [5.41, 5.74) is 1.47. The minimum atomic E-state index is -1.21. The molecule has 35 heavy (non-hydrogen) atoms. The van der Waals surface area contributed by atoms with E-state index in [9.17, 15) is 9.90 Å². The molecule has 2 N–H and O–H groups in total. The van der Waals surface area contributed by atoms with Gasteiger partial charge in [-0.15, -0.1) is 15.3 Å². The highest BCUT2D eigenvalue weighted by Crippen LogP contribution is 2.39. The van der Waals surface area contributed by atoms with E-state index in [2.05, 4.69) is 30.8 Å². The summed E-state index contributed by atoms with van der Waals surface area (Å²) in [5, 5.41) is 31.1. The van der Waals surface area contributed by atoms with Crippen LogP contribution in [0.15, 0.2) is 41.5 Å². The molecule has 0 aliphatic carbocycles. The maximum atomic E-state index is 15.4. The monoisotopic (exact) mass is 478 g/mol. The molecule has 10 nitrogen and oxygen atoms in total. The molecular weight excluding hydrogens is 451 g/mol. The first-order chi connectivity index (χ1) is 16.4. The third-order valence-electron chi connectivity index (χ3n) is 6.49. The van der Waals surface area contributed by atoms with Gasteiger partial charge in [0.1, 0.15) is 17.4 Å². The van der Waals surface area contributed by atoms with Gasteiger partial charge >= 0.3 is 0 Å². The summed E-state index contributed by atoms with van der Waals surface area (Å²) in [6.07, 6.45) is 0.734. The zero-order chi connectivity index (χ0) is 25.1. The van der Waals surface area contributed by atoms with Crippen LogP contribution in [0, 0.1) is 0 Å². The fraction of sp³-hybridized carbons (Fsp3) is 0.417. The van der Waals surface area contributed by atoms with Crippen molar-refractivity contribution in [3.8, 4) is 28.3 Å². The molecule has 1 fully saturated rings. The number of nitrogens with zero attached hydrogens (tertiary/aromatic N) is 7. The number of hydrogen-bond donors (Lipinski definition) is 2. The number of phenolic OH excluding ortho intramolecular Hbond substituents is 1. The van der Waals surface area contributed by atoms with Gasteiger partial charge in [0, 0.05) is 35.3 Å². The highest BCUT2D eigenvalue weighted by atomic mass is 19.1. The number of hydrogen-bond acceptors (Lipinski definition) is 8. The van der Waals surface area contributed by atoms with Crippen molar-refractivity contribution >= 4 is 11.2 Å². The number of nitrogens with one attached hydrogen (secondary N) is 1. The Morgan fingerprint density at radius 3 is 2.57 bits per heavy atom. The second kappa shape index (κ2) is 7.91. The molecule has 0 bridgehead atoms. The van der Waals surface area contributed by atoms with Crippen molar-refractivity contribution in [3.05, 3.63) is 47.0 Å². The molecule has 2 unspecified atom stereocenters. The van der Waals surface area contributed by atoms with Crippen molar-refractivity contribution in [2.45, 2.75) is 57.4 Å². The van der Waals surface area contributed by atoms with Gasteiger partial charge < -0.3 is 15.0 Å². The first-order valence-corrected chi connectivity index (χ1v) is 11.3. The molecule has 3 aromatic heterocycles. The predicted octanol–water partition coefficient (Wildman–Crippen LogP) is 2.78. The average Bonchev–Trinajstić information content (AvgIpc) is 3.20. The Bertz CT molecular complexity index is 1490. The predicted molar refractivity (Wildman–Crippen MR) is 129 cm³/mol. The Labute approximate surface area is 200 Å². The van der Waals surface area contributed by atoms with Crippen LogP contribution in [0.25, 0.3) is 33.7 Å². The Morgan fingerprint density at radius 1 is 1.09 bits per heavy atom. The zero-order valence-corrected chi connectivity index (χ0v) is 20.2. The van der Waals surface area contributed by atoms with Crippen LogP contribution in [0.3, 0.4) is 0 Å². The number of aromatic nitrogens is 7. The standard InChI is InChI=1S/C24H27FN8O2/c1-23(2)11-18(21(25)24(3,4)30-23)33-22-17(28-31-33)9-16(27-29-22)14-7-6-13(8-19(14)34)15-10-20(35)32(5)12-26-15/h6-10,12,18,21,30,34H,11H2,1-5H3. The lowest BCUT2D eigenvalue weighted by Crippen LogP contribution is -2.64. The van der Waals surface area contributed by atoms with Gasteiger partial charge in [0.05, 0.1) is 23.8 Å². The zero-order valence-electron chi connectivity index (χ0n) is 20.2. The van der Waals surface area contributed by atoms with Crippen molar-refractivity contribution in [2.75, 3.05) is 0 Å². The maximum Gasteiger partial charge on any atom is 0.253 e. The molecule has 182 valence electrons. The molecule has 4 aromatic rings. The third kappa shape index (κ3) is 4.05. The van der Waals surface area contributed by atoms with Crippen LogP contribution in [0.1, 0.15) is 40.2 Å². The normalized spacial score (nSPS) is 21.3. The second-order valence-electron chi connectivity index (χ2n) is 10.3. The highest BCUT2D eigenvalue weighted by molar-refractivity contribution is 5.79. The number of fused-ring (bicyclic) bond motifs is 1. The van der Waals surface area contributed by atoms with Crippen molar-refractivity contribution < 1.29 is 9.50 Å². The van der Waals surface area contributed by atoms with E-state index >= 15 is 4.39 Å². The number of aryl methyl sites for hydroxylation is 1. The minimum Gasteiger partial charge on any atom is -0.507 e. The fourth-order valence-corrected chi connectivity index (χ4v) is 4.94. The SMILES string of the molecule is Cn1cnc(-c2ccc(-c3cc4nnn(C5CC(C)(C)NC(C)(C)C5F)c4nn3)c(O)c2)cc1=O. The molecular formula is C24H27FN8O2. The van der Waals surface area contributed by atoms with Gasteiger partial charge in [-0.3, -0.25) is 4.79 Å². The summed E-state index contributed by atoms with van der Waals surface area (Å²) in [5.74, 6) is -0.0447. The van der Waals surface area contributed by atoms with Crippen LogP contribution in [0.4, 0.5) is 4.39 Å². The number of alkyl halides is 1. The first kappa shape index (κ1) is 23.0. The fourth-order valence-electron chi connectivity index (χ4n) is 4.94. The molecule has 1 aliphatic heterocycles. The van der Waals surface area contributed by atoms with E-state index in [-0.39, 0.29) is 16.8 Å². The average molecular weight is 479 g/mol. The molecule has 1 saturated heterocycles. The van der Waals surface area contributed by atoms with Gasteiger partial charge in [0.15, 0.2) is 0 Å². The van der Waals surface area contributed by atoms with Crippen LogP contribution in [0.5, 0.6) is 5.75 Å². The van der Waals surface area contributed by atoms with Crippen LogP contribution >= 0.6 is 0 Å². The lowest BCUT2D eigenvalue weighted by Gasteiger charge is -2.48. The molecule has 4 heterocycles. The van der Waals surface area contributed by atoms with E-state index in [1.165, 1.54) is 27.7 Å². The first-order valence-electron chi connectivity index (χ1n) is 11.3. The summed E-state index contributed by atoms with van der Waals surface area (Å²) < 4.78 is 18.3. The number of rotatable bonds is 3. The minimum absolute atomic E-state index is 0.0447. The van der Waals surface area contributed by atoms with Gasteiger partial charge in [-0.25, -0.2) is 14.1 Å². The van der Waals surface area contributed by atoms with E-state index in [0.717, 1.165) is 0 Å². The molecule has 0 saturated carbocycles. The number of benzene rings is 1. The second-order valence-corrected chi connectivity index (χ2v) is 10.3. The molecule has 2 atom stereocenters. The van der Waals surface area contributed by atoms with E-state index in [4.69, 9.17) is 0 Å². The number of phenols is 1. The van der Waals surface area contributed by atoms with Gasteiger partial charge in [-0.2, -0.15) is 0 Å². The maximum absolute atomic E-state index is 15.4. The smallest absolute Gasteiger partial charge is 0.253 e. The number of halogens is 1. The van der Waals surface area contributed by atoms with Gasteiger partial charge in [-0.05, 0) is 52.3 Å². The Morgan fingerprint density at radius 2 is 1.86 bits per heavy atom. The quantitative estimate of drug-likeness (QED) is 0.461. The van der Waals surface area contributed by atoms with Gasteiger partial charge in [0.25, 0.3) is 5.56 Å². The summed E-state index contributed by atoms with van der Waals surface area (Å²) in [7, 11) is 1.62. The largest absolute Gasteiger partial charge is 0.507 e. The molecule has 1 aliphatic rings. The summed E-state index contributed by atoms with van der Waals surface area (Å²) in [6, 6.07) is 7.46. The molecule has 5 rings (SSSR count). The van der Waals surface area contributed by atoms with E-state index in [1.54, 1.807) is 25.2 Å². The van der Waals surface area contributed by atoms with Crippen molar-refractivity contribution in [2.24, 2.45) is 7.05 Å². The van der Waals surface area contributed by atoms with Crippen LogP contribution in [-0.2, 0) is 7.05 Å². The van der Waals surface area contributed by atoms with Crippen LogP contribution in [-0.4, -0.2) is 57.1 Å². The van der Waals surface area contributed by atoms with Crippen molar-refractivity contribution in [3.63, 3.8) is 0 Å².